The number of nitrogens with two attached hydrogens (primary N) is 1. The Morgan fingerprint density at radius 3 is 2.11 bits per heavy atom. The van der Waals surface area contributed by atoms with Gasteiger partial charge in [-0.15, -0.1) is 0 Å². The van der Waals surface area contributed by atoms with E-state index in [4.69, 9.17) is 10.5 Å². The lowest BCUT2D eigenvalue weighted by Crippen LogP contribution is -2.69. The number of esters is 1. The summed E-state index contributed by atoms with van der Waals surface area (Å²) in [6.45, 7) is 22.0. The summed E-state index contributed by atoms with van der Waals surface area (Å²) in [5, 5.41) is 14.0. The molecule has 0 spiro atoms. The maximum Gasteiger partial charge on any atom is 0.309 e. The van der Waals surface area contributed by atoms with Crippen molar-refractivity contribution in [2.75, 3.05) is 37.7 Å². The van der Waals surface area contributed by atoms with E-state index >= 15 is 0 Å². The fourth-order valence-electron chi connectivity index (χ4n) is 16.4. The fraction of sp³-hybridized carbons (Fsp3) is 0.957. The van der Waals surface area contributed by atoms with Gasteiger partial charge in [-0.3, -0.25) is 14.5 Å². The van der Waals surface area contributed by atoms with E-state index in [-0.39, 0.29) is 62.7 Å². The van der Waals surface area contributed by atoms with Gasteiger partial charge in [0, 0.05) is 36.6 Å². The first kappa shape index (κ1) is 41.5. The van der Waals surface area contributed by atoms with E-state index in [1.54, 1.807) is 0 Å². The highest BCUT2D eigenvalue weighted by atomic mass is 32.2. The molecule has 0 aromatic rings. The topological polar surface area (TPSA) is 139 Å². The predicted molar refractivity (Wildman–Crippen MR) is 220 cm³/mol. The van der Waals surface area contributed by atoms with Crippen LogP contribution in [0, 0.1) is 73.9 Å². The number of carbonyl (C=O) groups is 2. The summed E-state index contributed by atoms with van der Waals surface area (Å²) in [5.41, 5.74) is 7.01. The van der Waals surface area contributed by atoms with Crippen molar-refractivity contribution in [1.82, 2.24) is 10.2 Å². The summed E-state index contributed by atoms with van der Waals surface area (Å²) in [6, 6.07) is 0.224. The van der Waals surface area contributed by atoms with E-state index in [1.807, 2.05) is 13.8 Å². The van der Waals surface area contributed by atoms with Gasteiger partial charge in [0.05, 0.1) is 23.3 Å². The second-order valence-corrected chi connectivity index (χ2v) is 25.5. The van der Waals surface area contributed by atoms with Crippen LogP contribution in [0.2, 0.25) is 0 Å². The van der Waals surface area contributed by atoms with Gasteiger partial charge in [0.15, 0.2) is 9.84 Å². The average molecular weight is 800 g/mol. The van der Waals surface area contributed by atoms with Crippen molar-refractivity contribution < 1.29 is 27.9 Å². The number of hydrogen-bond donors (Lipinski definition) is 3. The van der Waals surface area contributed by atoms with Crippen molar-refractivity contribution in [3.63, 3.8) is 0 Å². The largest absolute Gasteiger partial charge is 0.481 e. The zero-order valence-electron chi connectivity index (χ0n) is 36.3. The lowest BCUT2D eigenvalue weighted by molar-refractivity contribution is -0.249. The molecule has 318 valence electrons. The number of nitrogens with zero attached hydrogens (tertiary/aromatic N) is 1. The highest BCUT2D eigenvalue weighted by molar-refractivity contribution is 7.91. The van der Waals surface area contributed by atoms with Gasteiger partial charge in [0.1, 0.15) is 6.10 Å². The number of rotatable bonds is 10. The van der Waals surface area contributed by atoms with Crippen molar-refractivity contribution in [2.24, 2.45) is 79.6 Å². The van der Waals surface area contributed by atoms with Gasteiger partial charge < -0.3 is 20.9 Å². The van der Waals surface area contributed by atoms with Crippen LogP contribution in [-0.2, 0) is 24.2 Å². The minimum atomic E-state index is -2.92. The molecule has 0 amide bonds. The summed E-state index contributed by atoms with van der Waals surface area (Å²) in [6.07, 6.45) is 16.1. The third-order valence-corrected chi connectivity index (χ3v) is 22.1. The van der Waals surface area contributed by atoms with Crippen molar-refractivity contribution in [3.05, 3.63) is 0 Å². The second-order valence-electron chi connectivity index (χ2n) is 23.2. The third kappa shape index (κ3) is 6.14. The monoisotopic (exact) mass is 800 g/mol. The fourth-order valence-corrected chi connectivity index (χ4v) is 17.7. The molecule has 1 saturated heterocycles. The molecule has 7 saturated carbocycles. The van der Waals surface area contributed by atoms with Crippen molar-refractivity contribution >= 4 is 21.8 Å². The molecule has 7 aliphatic carbocycles. The Hall–Kier alpha value is -1.23. The minimum Gasteiger partial charge on any atom is -0.481 e. The van der Waals surface area contributed by atoms with Crippen LogP contribution >= 0.6 is 0 Å². The number of hydrogen-bond acceptors (Lipinski definition) is 8. The van der Waals surface area contributed by atoms with E-state index in [0.717, 1.165) is 31.7 Å². The van der Waals surface area contributed by atoms with Gasteiger partial charge in [-0.05, 0) is 153 Å². The van der Waals surface area contributed by atoms with E-state index in [1.165, 1.54) is 64.2 Å². The van der Waals surface area contributed by atoms with Gasteiger partial charge in [-0.25, -0.2) is 8.42 Å². The molecule has 56 heavy (non-hydrogen) atoms. The molecular weight excluding hydrogens is 723 g/mol. The summed E-state index contributed by atoms with van der Waals surface area (Å²) in [4.78, 5) is 27.8. The number of carboxylic acid groups (broad SMARTS) is 1. The summed E-state index contributed by atoms with van der Waals surface area (Å²) < 4.78 is 30.8. The molecule has 0 unspecified atom stereocenters. The Balaban J connectivity index is 0.993. The quantitative estimate of drug-likeness (QED) is 0.194. The Morgan fingerprint density at radius 1 is 0.786 bits per heavy atom. The van der Waals surface area contributed by atoms with Gasteiger partial charge in [0.2, 0.25) is 0 Å². The van der Waals surface area contributed by atoms with E-state index in [9.17, 15) is 23.1 Å². The smallest absolute Gasteiger partial charge is 0.309 e. The van der Waals surface area contributed by atoms with Crippen LogP contribution < -0.4 is 11.1 Å². The second kappa shape index (κ2) is 13.6. The molecule has 10 heteroatoms. The molecular formula is C46H77N3O6S. The molecule has 1 heterocycles. The Morgan fingerprint density at radius 2 is 1.48 bits per heavy atom. The highest BCUT2D eigenvalue weighted by Crippen LogP contribution is 2.78. The number of sulfone groups is 1. The molecule has 0 radical (unpaired) electrons. The first-order valence-electron chi connectivity index (χ1n) is 22.9. The van der Waals surface area contributed by atoms with Crippen LogP contribution in [0.15, 0.2) is 0 Å². The summed E-state index contributed by atoms with van der Waals surface area (Å²) in [7, 11) is -2.92. The molecule has 8 fully saturated rings. The summed E-state index contributed by atoms with van der Waals surface area (Å²) in [5.74, 6) is 1.98. The SMILES string of the molecule is CC1([C@@H]2CC[C@]3(NCC[C@H](CN)N4CCS(=O)(=O)CC4)CC[C@]4(C)[C@H](CC[C@@H]5[C@@]6(C)CC[C@H](OC(=O)[C@H]7C[C@@H](C(=O)O)C7(C)C)C(C)(C)[C@@H]6CC[C@]54C)[C@@H]23)CC1. The number of carbonyl (C=O) groups excluding carboxylic acids is 1. The molecule has 0 aromatic heterocycles. The van der Waals surface area contributed by atoms with Crippen LogP contribution in [0.1, 0.15) is 145 Å². The molecule has 0 bridgehead atoms. The van der Waals surface area contributed by atoms with Gasteiger partial charge in [-0.1, -0.05) is 55.4 Å². The molecule has 4 N–H and O–H groups in total. The first-order valence-corrected chi connectivity index (χ1v) is 24.7. The zero-order chi connectivity index (χ0) is 40.5. The van der Waals surface area contributed by atoms with Crippen LogP contribution in [0.5, 0.6) is 0 Å². The highest BCUT2D eigenvalue weighted by Gasteiger charge is 2.72. The van der Waals surface area contributed by atoms with Crippen molar-refractivity contribution in [3.8, 4) is 0 Å². The van der Waals surface area contributed by atoms with Gasteiger partial charge in [-0.2, -0.15) is 0 Å². The molecule has 8 aliphatic rings. The summed E-state index contributed by atoms with van der Waals surface area (Å²) >= 11 is 0. The molecule has 0 aromatic carbocycles. The van der Waals surface area contributed by atoms with E-state index in [0.29, 0.717) is 55.1 Å². The van der Waals surface area contributed by atoms with Crippen LogP contribution in [-0.4, -0.2) is 85.7 Å². The molecule has 1 aliphatic heterocycles. The normalized spacial score (nSPS) is 47.5. The Bertz CT molecular complexity index is 1660. The number of fused-ring (bicyclic) bond motifs is 7. The predicted octanol–water partition coefficient (Wildman–Crippen LogP) is 7.32. The third-order valence-electron chi connectivity index (χ3n) is 20.5. The molecule has 9 nitrogen and oxygen atoms in total. The van der Waals surface area contributed by atoms with Crippen LogP contribution in [0.4, 0.5) is 0 Å². The molecule has 8 rings (SSSR count). The number of ether oxygens (including phenoxy) is 1. The molecule has 13 atom stereocenters. The average Bonchev–Trinajstić information content (AvgIpc) is 3.74. The Labute approximate surface area is 339 Å². The maximum absolute atomic E-state index is 13.7. The van der Waals surface area contributed by atoms with E-state index < -0.39 is 27.1 Å². The van der Waals surface area contributed by atoms with Crippen molar-refractivity contribution in [1.29, 1.82) is 0 Å². The first-order chi connectivity index (χ1) is 26.1. The van der Waals surface area contributed by atoms with E-state index in [2.05, 4.69) is 51.8 Å². The minimum absolute atomic E-state index is 0.134. The van der Waals surface area contributed by atoms with Crippen molar-refractivity contribution in [2.45, 2.75) is 163 Å². The number of aliphatic carboxylic acids is 1. The zero-order valence-corrected chi connectivity index (χ0v) is 37.1. The Kier molecular flexibility index (Phi) is 10.1. The van der Waals surface area contributed by atoms with Crippen LogP contribution in [0.25, 0.3) is 0 Å². The standard InChI is InChI=1S/C46H77N3O6S/c1-40(2)32(38(50)51)27-33(40)39(52)55-36-13-15-43(6)34(41(36,3)4)12-16-45(8)35(43)10-9-31-37-30(42(5)18-19-42)11-17-46(37,21-20-44(31,45)7)48-22-14-29(28-47)49-23-25-56(53,54)26-24-49/h29-37,48H,9-28,47H2,1-8H3,(H,50,51)/t29-,30-,31-,32+,33-,34+,35-,36+,37-,43+,44-,45-,46+/m1/s1. The van der Waals surface area contributed by atoms with Gasteiger partial charge >= 0.3 is 11.9 Å². The van der Waals surface area contributed by atoms with Crippen LogP contribution in [0.3, 0.4) is 0 Å². The van der Waals surface area contributed by atoms with Gasteiger partial charge in [0.25, 0.3) is 0 Å². The number of nitrogens with one attached hydrogen (secondary N) is 1. The lowest BCUT2D eigenvalue weighted by atomic mass is 9.32. The number of carboxylic acids is 1. The maximum atomic E-state index is 13.7. The lowest BCUT2D eigenvalue weighted by Gasteiger charge is -2.73.